The molecule has 1 heterocycles. The van der Waals surface area contributed by atoms with E-state index in [1.54, 1.807) is 0 Å². The molecule has 0 aromatic rings. The number of sulfone groups is 1. The summed E-state index contributed by atoms with van der Waals surface area (Å²) in [5, 5.41) is 3.57. The number of likely N-dealkylation sites (tertiary alicyclic amines) is 1. The summed E-state index contributed by atoms with van der Waals surface area (Å²) in [6.45, 7) is 10.2. The lowest BCUT2D eigenvalue weighted by atomic mass is 9.91. The Kier molecular flexibility index (Phi) is 8.07. The van der Waals surface area contributed by atoms with Crippen molar-refractivity contribution in [3.05, 3.63) is 0 Å². The number of hydrogen-bond donors (Lipinski definition) is 1. The Morgan fingerprint density at radius 3 is 2.65 bits per heavy atom. The van der Waals surface area contributed by atoms with Crippen molar-refractivity contribution in [3.8, 4) is 0 Å². The van der Waals surface area contributed by atoms with Gasteiger partial charge in [-0.2, -0.15) is 0 Å². The molecular weight excluding hydrogens is 272 g/mol. The van der Waals surface area contributed by atoms with E-state index in [1.807, 2.05) is 6.92 Å². The fourth-order valence-electron chi connectivity index (χ4n) is 2.92. The highest BCUT2D eigenvalue weighted by molar-refractivity contribution is 7.91. The zero-order valence-corrected chi connectivity index (χ0v) is 14.2. The van der Waals surface area contributed by atoms with Crippen LogP contribution >= 0.6 is 0 Å². The lowest BCUT2D eigenvalue weighted by molar-refractivity contribution is 0.158. The largest absolute Gasteiger partial charge is 0.314 e. The maximum atomic E-state index is 11.8. The molecule has 0 spiro atoms. The van der Waals surface area contributed by atoms with Gasteiger partial charge in [0, 0.05) is 24.9 Å². The van der Waals surface area contributed by atoms with Crippen LogP contribution in [0.1, 0.15) is 46.5 Å². The molecule has 2 unspecified atom stereocenters. The molecule has 0 radical (unpaired) electrons. The van der Waals surface area contributed by atoms with Crippen molar-refractivity contribution in [2.24, 2.45) is 5.92 Å². The van der Waals surface area contributed by atoms with Gasteiger partial charge in [-0.15, -0.1) is 0 Å². The van der Waals surface area contributed by atoms with E-state index >= 15 is 0 Å². The molecule has 1 rings (SSSR count). The van der Waals surface area contributed by atoms with Gasteiger partial charge in [0.25, 0.3) is 0 Å². The van der Waals surface area contributed by atoms with Crippen molar-refractivity contribution < 1.29 is 8.42 Å². The van der Waals surface area contributed by atoms with Gasteiger partial charge in [0.2, 0.25) is 0 Å². The number of nitrogens with one attached hydrogen (secondary N) is 1. The summed E-state index contributed by atoms with van der Waals surface area (Å²) < 4.78 is 23.6. The van der Waals surface area contributed by atoms with Crippen LogP contribution in [0.4, 0.5) is 0 Å². The smallest absolute Gasteiger partial charge is 0.151 e. The van der Waals surface area contributed by atoms with Crippen molar-refractivity contribution >= 4 is 9.84 Å². The molecular formula is C15H32N2O2S. The molecule has 1 fully saturated rings. The monoisotopic (exact) mass is 304 g/mol. The zero-order valence-electron chi connectivity index (χ0n) is 13.4. The van der Waals surface area contributed by atoms with Gasteiger partial charge in [-0.3, -0.25) is 0 Å². The van der Waals surface area contributed by atoms with Gasteiger partial charge in [0.1, 0.15) is 0 Å². The first-order valence-corrected chi connectivity index (χ1v) is 9.96. The van der Waals surface area contributed by atoms with Crippen molar-refractivity contribution in [3.63, 3.8) is 0 Å². The van der Waals surface area contributed by atoms with Gasteiger partial charge >= 0.3 is 0 Å². The van der Waals surface area contributed by atoms with E-state index in [2.05, 4.69) is 24.1 Å². The van der Waals surface area contributed by atoms with Crippen LogP contribution in [0.5, 0.6) is 0 Å². The van der Waals surface area contributed by atoms with Gasteiger partial charge < -0.3 is 10.2 Å². The third kappa shape index (κ3) is 6.55. The van der Waals surface area contributed by atoms with E-state index in [-0.39, 0.29) is 0 Å². The van der Waals surface area contributed by atoms with Gasteiger partial charge in [0.15, 0.2) is 9.84 Å². The summed E-state index contributed by atoms with van der Waals surface area (Å²) in [5.74, 6) is 1.31. The Hall–Kier alpha value is -0.130. The summed E-state index contributed by atoms with van der Waals surface area (Å²) in [5.41, 5.74) is 0. The van der Waals surface area contributed by atoms with Crippen LogP contribution in [-0.2, 0) is 9.84 Å². The molecule has 20 heavy (non-hydrogen) atoms. The van der Waals surface area contributed by atoms with Crippen molar-refractivity contribution in [2.45, 2.75) is 52.5 Å². The van der Waals surface area contributed by atoms with Gasteiger partial charge in [-0.25, -0.2) is 8.42 Å². The fourth-order valence-corrected chi connectivity index (χ4v) is 4.28. The molecule has 1 aliphatic heterocycles. The minimum Gasteiger partial charge on any atom is -0.314 e. The molecule has 1 aliphatic rings. The Morgan fingerprint density at radius 1 is 1.25 bits per heavy atom. The van der Waals surface area contributed by atoms with Gasteiger partial charge in [-0.1, -0.05) is 13.8 Å². The van der Waals surface area contributed by atoms with Crippen LogP contribution in [0.3, 0.4) is 0 Å². The van der Waals surface area contributed by atoms with Crippen LogP contribution in [0, 0.1) is 5.92 Å². The first-order valence-electron chi connectivity index (χ1n) is 8.14. The Labute approximate surface area is 125 Å². The van der Waals surface area contributed by atoms with Crippen LogP contribution in [-0.4, -0.2) is 57.0 Å². The molecule has 2 atom stereocenters. The van der Waals surface area contributed by atoms with E-state index in [0.717, 1.165) is 32.5 Å². The highest BCUT2D eigenvalue weighted by Crippen LogP contribution is 2.19. The maximum Gasteiger partial charge on any atom is 0.151 e. The standard InChI is InChI=1S/C15H32N2O2S/c1-4-8-16-14(3)15-7-6-9-17(13-15)10-12-20(18,19)11-5-2/h14-16H,4-13H2,1-3H3. The minimum atomic E-state index is -2.84. The van der Waals surface area contributed by atoms with E-state index in [4.69, 9.17) is 0 Å². The molecule has 0 bridgehead atoms. The lowest BCUT2D eigenvalue weighted by Crippen LogP contribution is -2.45. The van der Waals surface area contributed by atoms with Crippen LogP contribution in [0.2, 0.25) is 0 Å². The summed E-state index contributed by atoms with van der Waals surface area (Å²) >= 11 is 0. The van der Waals surface area contributed by atoms with Crippen molar-refractivity contribution in [1.29, 1.82) is 0 Å². The van der Waals surface area contributed by atoms with E-state index in [9.17, 15) is 8.42 Å². The third-order valence-corrected chi connectivity index (χ3v) is 6.03. The first kappa shape index (κ1) is 17.9. The predicted octanol–water partition coefficient (Wildman–Crippen LogP) is 1.91. The van der Waals surface area contributed by atoms with Gasteiger partial charge in [-0.05, 0) is 51.6 Å². The van der Waals surface area contributed by atoms with Crippen LogP contribution in [0.25, 0.3) is 0 Å². The van der Waals surface area contributed by atoms with Crippen LogP contribution in [0.15, 0.2) is 0 Å². The number of piperidine rings is 1. The summed E-state index contributed by atoms with van der Waals surface area (Å²) in [7, 11) is -2.84. The Morgan fingerprint density at radius 2 is 2.00 bits per heavy atom. The summed E-state index contributed by atoms with van der Waals surface area (Å²) in [4.78, 5) is 2.34. The average molecular weight is 305 g/mol. The van der Waals surface area contributed by atoms with Gasteiger partial charge in [0.05, 0.1) is 5.75 Å². The molecule has 0 aromatic carbocycles. The topological polar surface area (TPSA) is 49.4 Å². The number of rotatable bonds is 9. The lowest BCUT2D eigenvalue weighted by Gasteiger charge is -2.36. The van der Waals surface area contributed by atoms with Crippen LogP contribution < -0.4 is 5.32 Å². The third-order valence-electron chi connectivity index (χ3n) is 4.20. The van der Waals surface area contributed by atoms with Crippen molar-refractivity contribution in [2.75, 3.05) is 37.7 Å². The average Bonchev–Trinajstić information content (AvgIpc) is 2.43. The molecule has 1 saturated heterocycles. The molecule has 5 heteroatoms. The zero-order chi connectivity index (χ0) is 15.0. The van der Waals surface area contributed by atoms with E-state index < -0.39 is 9.84 Å². The minimum absolute atomic E-state index is 0.324. The molecule has 0 aliphatic carbocycles. The van der Waals surface area contributed by atoms with E-state index in [0.29, 0.717) is 30.0 Å². The molecule has 1 N–H and O–H groups in total. The number of hydrogen-bond acceptors (Lipinski definition) is 4. The fraction of sp³-hybridized carbons (Fsp3) is 1.00. The SMILES string of the molecule is CCCNC(C)C1CCCN(CCS(=O)(=O)CCC)C1. The predicted molar refractivity (Wildman–Crippen MR) is 85.9 cm³/mol. The Bertz CT molecular complexity index is 357. The summed E-state index contributed by atoms with van der Waals surface area (Å²) in [6, 6.07) is 0.532. The normalized spacial score (nSPS) is 22.9. The quantitative estimate of drug-likeness (QED) is 0.707. The molecule has 120 valence electrons. The second-order valence-electron chi connectivity index (χ2n) is 6.10. The first-order chi connectivity index (χ1) is 9.48. The van der Waals surface area contributed by atoms with Crippen molar-refractivity contribution in [1.82, 2.24) is 10.2 Å². The number of nitrogens with zero attached hydrogens (tertiary/aromatic N) is 1. The maximum absolute atomic E-state index is 11.8. The second-order valence-corrected chi connectivity index (χ2v) is 8.40. The second kappa shape index (κ2) is 9.00. The summed E-state index contributed by atoms with van der Waals surface area (Å²) in [6.07, 6.45) is 4.34. The highest BCUT2D eigenvalue weighted by atomic mass is 32.2. The molecule has 0 aromatic heterocycles. The molecule has 0 amide bonds. The Balaban J connectivity index is 2.37. The van der Waals surface area contributed by atoms with E-state index in [1.165, 1.54) is 12.8 Å². The molecule has 4 nitrogen and oxygen atoms in total. The highest BCUT2D eigenvalue weighted by Gasteiger charge is 2.25. The molecule has 0 saturated carbocycles.